The fourth-order valence-corrected chi connectivity index (χ4v) is 2.85. The van der Waals surface area contributed by atoms with Crippen LogP contribution in [0.4, 0.5) is 0 Å². The Bertz CT molecular complexity index is 506. The number of rotatable bonds is 8. The topological polar surface area (TPSA) is 67.4 Å². The van der Waals surface area contributed by atoms with Crippen molar-refractivity contribution < 1.29 is 13.2 Å². The molecule has 0 aromatic heterocycles. The van der Waals surface area contributed by atoms with Crippen LogP contribution in [0.5, 0.6) is 5.75 Å². The van der Waals surface area contributed by atoms with Gasteiger partial charge in [-0.3, -0.25) is 0 Å². The van der Waals surface area contributed by atoms with Crippen molar-refractivity contribution in [2.24, 2.45) is 0 Å². The SMILES string of the molecule is CCCNCCNS(=O)(=O)c1ccc(OC)c(Cl)c1. The first-order valence-corrected chi connectivity index (χ1v) is 7.91. The summed E-state index contributed by atoms with van der Waals surface area (Å²) in [5, 5.41) is 3.39. The first-order valence-electron chi connectivity index (χ1n) is 6.05. The number of hydrogen-bond donors (Lipinski definition) is 2. The highest BCUT2D eigenvalue weighted by atomic mass is 35.5. The molecule has 0 unspecified atom stereocenters. The molecule has 0 aliphatic carbocycles. The molecule has 1 aromatic rings. The molecule has 0 saturated carbocycles. The molecule has 7 heteroatoms. The van der Waals surface area contributed by atoms with E-state index >= 15 is 0 Å². The standard InChI is InChI=1S/C12H19ClN2O3S/c1-3-6-14-7-8-15-19(16,17)10-4-5-12(18-2)11(13)9-10/h4-5,9,14-15H,3,6-8H2,1-2H3. The summed E-state index contributed by atoms with van der Waals surface area (Å²) >= 11 is 5.91. The molecular weight excluding hydrogens is 288 g/mol. The quantitative estimate of drug-likeness (QED) is 0.716. The van der Waals surface area contributed by atoms with E-state index in [0.717, 1.165) is 13.0 Å². The minimum atomic E-state index is -3.52. The van der Waals surface area contributed by atoms with Gasteiger partial charge in [-0.1, -0.05) is 18.5 Å². The second-order valence-corrected chi connectivity index (χ2v) is 6.12. The fourth-order valence-electron chi connectivity index (χ4n) is 1.47. The molecule has 0 fully saturated rings. The molecule has 0 saturated heterocycles. The van der Waals surface area contributed by atoms with Crippen molar-refractivity contribution in [3.8, 4) is 5.75 Å². The number of benzene rings is 1. The average molecular weight is 307 g/mol. The fraction of sp³-hybridized carbons (Fsp3) is 0.500. The number of ether oxygens (including phenoxy) is 1. The molecule has 0 spiro atoms. The third-order valence-electron chi connectivity index (χ3n) is 2.45. The van der Waals surface area contributed by atoms with E-state index in [1.165, 1.54) is 25.3 Å². The molecule has 0 aliphatic rings. The first-order chi connectivity index (χ1) is 9.01. The molecule has 1 rings (SSSR count). The maximum absolute atomic E-state index is 12.0. The Labute approximate surface area is 119 Å². The van der Waals surface area contributed by atoms with Gasteiger partial charge in [0.05, 0.1) is 17.0 Å². The summed E-state index contributed by atoms with van der Waals surface area (Å²) in [5.74, 6) is 0.449. The van der Waals surface area contributed by atoms with E-state index in [-0.39, 0.29) is 9.92 Å². The Balaban J connectivity index is 2.64. The molecule has 0 heterocycles. The van der Waals surface area contributed by atoms with Crippen LogP contribution in [0.15, 0.2) is 23.1 Å². The number of sulfonamides is 1. The van der Waals surface area contributed by atoms with E-state index in [9.17, 15) is 8.42 Å². The van der Waals surface area contributed by atoms with Crippen molar-refractivity contribution in [2.75, 3.05) is 26.7 Å². The monoisotopic (exact) mass is 306 g/mol. The third kappa shape index (κ3) is 4.99. The zero-order valence-corrected chi connectivity index (χ0v) is 12.6. The predicted molar refractivity (Wildman–Crippen MR) is 76.4 cm³/mol. The zero-order chi connectivity index (χ0) is 14.3. The van der Waals surface area contributed by atoms with E-state index in [1.807, 2.05) is 0 Å². The van der Waals surface area contributed by atoms with Gasteiger partial charge in [0.15, 0.2) is 0 Å². The minimum absolute atomic E-state index is 0.133. The Kier molecular flexibility index (Phi) is 6.57. The van der Waals surface area contributed by atoms with Gasteiger partial charge in [0.2, 0.25) is 10.0 Å². The van der Waals surface area contributed by atoms with Gasteiger partial charge in [-0.2, -0.15) is 0 Å². The van der Waals surface area contributed by atoms with E-state index in [4.69, 9.17) is 16.3 Å². The Morgan fingerprint density at radius 3 is 2.58 bits per heavy atom. The third-order valence-corrected chi connectivity index (χ3v) is 4.21. The van der Waals surface area contributed by atoms with Crippen molar-refractivity contribution in [3.05, 3.63) is 23.2 Å². The van der Waals surface area contributed by atoms with Gasteiger partial charge in [0, 0.05) is 13.1 Å². The summed E-state index contributed by atoms with van der Waals surface area (Å²) in [6, 6.07) is 4.38. The van der Waals surface area contributed by atoms with Gasteiger partial charge < -0.3 is 10.1 Å². The molecule has 0 amide bonds. The summed E-state index contributed by atoms with van der Waals surface area (Å²) in [4.78, 5) is 0.133. The van der Waals surface area contributed by atoms with Crippen LogP contribution in [0.2, 0.25) is 5.02 Å². The minimum Gasteiger partial charge on any atom is -0.495 e. The van der Waals surface area contributed by atoms with Crippen molar-refractivity contribution in [1.82, 2.24) is 10.0 Å². The Morgan fingerprint density at radius 1 is 1.26 bits per heavy atom. The number of nitrogens with one attached hydrogen (secondary N) is 2. The summed E-state index contributed by atoms with van der Waals surface area (Å²) in [5.41, 5.74) is 0. The lowest BCUT2D eigenvalue weighted by Gasteiger charge is -2.09. The van der Waals surface area contributed by atoms with Gasteiger partial charge in [0.1, 0.15) is 5.75 Å². The number of methoxy groups -OCH3 is 1. The molecule has 0 bridgehead atoms. The number of hydrogen-bond acceptors (Lipinski definition) is 4. The van der Waals surface area contributed by atoms with E-state index < -0.39 is 10.0 Å². The van der Waals surface area contributed by atoms with Crippen molar-refractivity contribution in [1.29, 1.82) is 0 Å². The second kappa shape index (κ2) is 7.69. The van der Waals surface area contributed by atoms with Crippen LogP contribution in [0.25, 0.3) is 0 Å². The molecule has 5 nitrogen and oxygen atoms in total. The molecule has 19 heavy (non-hydrogen) atoms. The second-order valence-electron chi connectivity index (χ2n) is 3.94. The van der Waals surface area contributed by atoms with Crippen LogP contribution in [-0.2, 0) is 10.0 Å². The molecule has 0 radical (unpaired) electrons. The highest BCUT2D eigenvalue weighted by molar-refractivity contribution is 7.89. The Hall–Kier alpha value is -0.820. The van der Waals surface area contributed by atoms with E-state index in [1.54, 1.807) is 0 Å². The van der Waals surface area contributed by atoms with Gasteiger partial charge in [0.25, 0.3) is 0 Å². The summed E-state index contributed by atoms with van der Waals surface area (Å²) < 4.78 is 31.4. The molecular formula is C12H19ClN2O3S. The van der Waals surface area contributed by atoms with Gasteiger partial charge in [-0.25, -0.2) is 13.1 Å². The maximum Gasteiger partial charge on any atom is 0.240 e. The largest absolute Gasteiger partial charge is 0.495 e. The normalized spacial score (nSPS) is 11.5. The highest BCUT2D eigenvalue weighted by Gasteiger charge is 2.15. The van der Waals surface area contributed by atoms with Crippen LogP contribution in [0.1, 0.15) is 13.3 Å². The lowest BCUT2D eigenvalue weighted by atomic mass is 10.3. The van der Waals surface area contributed by atoms with Crippen LogP contribution in [0.3, 0.4) is 0 Å². The number of halogens is 1. The lowest BCUT2D eigenvalue weighted by molar-refractivity contribution is 0.414. The molecule has 1 aromatic carbocycles. The molecule has 0 aliphatic heterocycles. The van der Waals surface area contributed by atoms with E-state index in [2.05, 4.69) is 17.0 Å². The summed E-state index contributed by atoms with van der Waals surface area (Å²) in [6.07, 6.45) is 1.01. The lowest BCUT2D eigenvalue weighted by Crippen LogP contribution is -2.32. The van der Waals surface area contributed by atoms with Crippen molar-refractivity contribution in [2.45, 2.75) is 18.2 Å². The van der Waals surface area contributed by atoms with Crippen LogP contribution in [-0.4, -0.2) is 35.2 Å². The van der Waals surface area contributed by atoms with Crippen LogP contribution < -0.4 is 14.8 Å². The molecule has 108 valence electrons. The van der Waals surface area contributed by atoms with Crippen LogP contribution >= 0.6 is 11.6 Å². The summed E-state index contributed by atoms with van der Waals surface area (Å²) in [7, 11) is -2.05. The smallest absolute Gasteiger partial charge is 0.240 e. The van der Waals surface area contributed by atoms with Crippen LogP contribution in [0, 0.1) is 0 Å². The first kappa shape index (κ1) is 16.2. The predicted octanol–water partition coefficient (Wildman–Crippen LogP) is 1.63. The average Bonchev–Trinajstić information content (AvgIpc) is 2.38. The highest BCUT2D eigenvalue weighted by Crippen LogP contribution is 2.26. The van der Waals surface area contributed by atoms with Gasteiger partial charge in [-0.05, 0) is 31.2 Å². The van der Waals surface area contributed by atoms with Crippen molar-refractivity contribution in [3.63, 3.8) is 0 Å². The maximum atomic E-state index is 12.0. The van der Waals surface area contributed by atoms with Gasteiger partial charge in [-0.15, -0.1) is 0 Å². The van der Waals surface area contributed by atoms with Gasteiger partial charge >= 0.3 is 0 Å². The molecule has 2 N–H and O–H groups in total. The Morgan fingerprint density at radius 2 is 2.00 bits per heavy atom. The summed E-state index contributed by atoms with van der Waals surface area (Å²) in [6.45, 7) is 3.86. The molecule has 0 atom stereocenters. The van der Waals surface area contributed by atoms with Crippen molar-refractivity contribution >= 4 is 21.6 Å². The van der Waals surface area contributed by atoms with E-state index in [0.29, 0.717) is 18.8 Å². The zero-order valence-electron chi connectivity index (χ0n) is 11.1.